The number of benzene rings is 4. The largest absolute Gasteiger partial charge is 0.491 e. The number of carbonyl (C=O) groups excluding carboxylic acids is 1. The number of hydrogen-bond donors (Lipinski definition) is 0. The predicted molar refractivity (Wildman–Crippen MR) is 179 cm³/mol. The van der Waals surface area contributed by atoms with Gasteiger partial charge in [-0.3, -0.25) is 0 Å². The highest BCUT2D eigenvalue weighted by Crippen LogP contribution is 2.42. The van der Waals surface area contributed by atoms with Crippen LogP contribution in [0.3, 0.4) is 0 Å². The summed E-state index contributed by atoms with van der Waals surface area (Å²) in [6.07, 6.45) is 2.30. The van der Waals surface area contributed by atoms with Crippen molar-refractivity contribution >= 4 is 17.9 Å². The fraction of sp³-hybridized carbons (Fsp3) is 0.359. The van der Waals surface area contributed by atoms with Crippen LogP contribution in [0.2, 0.25) is 5.02 Å². The van der Waals surface area contributed by atoms with Crippen molar-refractivity contribution in [2.45, 2.75) is 69.1 Å². The van der Waals surface area contributed by atoms with Crippen LogP contribution in [0.25, 0.3) is 0 Å². The Morgan fingerprint density at radius 1 is 0.809 bits per heavy atom. The molecule has 4 atom stereocenters. The van der Waals surface area contributed by atoms with Crippen molar-refractivity contribution < 1.29 is 33.2 Å². The second kappa shape index (κ2) is 16.0. The highest BCUT2D eigenvalue weighted by molar-refractivity contribution is 6.31. The minimum Gasteiger partial charge on any atom is -0.491 e. The van der Waals surface area contributed by atoms with Crippen LogP contribution in [-0.4, -0.2) is 51.0 Å². The van der Waals surface area contributed by atoms with E-state index in [0.717, 1.165) is 52.7 Å². The summed E-state index contributed by atoms with van der Waals surface area (Å²) in [4.78, 5) is 12.6. The van der Waals surface area contributed by atoms with Crippen molar-refractivity contribution in [2.75, 3.05) is 20.3 Å². The van der Waals surface area contributed by atoms with E-state index in [2.05, 4.69) is 0 Å². The Hall–Kier alpha value is -3.56. The minimum atomic E-state index is -1.26. The summed E-state index contributed by atoms with van der Waals surface area (Å²) in [6, 6.07) is 33.5. The minimum absolute atomic E-state index is 0.303. The molecule has 1 saturated carbocycles. The number of hydrogen-bond acceptors (Lipinski definition) is 7. The lowest BCUT2D eigenvalue weighted by atomic mass is 9.89. The van der Waals surface area contributed by atoms with Gasteiger partial charge in [0.15, 0.2) is 12.1 Å². The molecule has 246 valence electrons. The fourth-order valence-corrected chi connectivity index (χ4v) is 6.03. The summed E-state index contributed by atoms with van der Waals surface area (Å²) < 4.78 is 37.0. The average molecular weight is 657 g/mol. The molecule has 6 rings (SSSR count). The van der Waals surface area contributed by atoms with Crippen LogP contribution in [0.4, 0.5) is 0 Å². The zero-order valence-electron chi connectivity index (χ0n) is 26.6. The summed E-state index contributed by atoms with van der Waals surface area (Å²) in [6.45, 7) is 1.79. The fourth-order valence-electron chi connectivity index (χ4n) is 5.85. The monoisotopic (exact) mass is 656 g/mol. The molecule has 1 unspecified atom stereocenters. The summed E-state index contributed by atoms with van der Waals surface area (Å²) in [7, 11) is 1.59. The third-order valence-electron chi connectivity index (χ3n) is 8.58. The number of ether oxygens (including phenoxy) is 6. The van der Waals surface area contributed by atoms with Gasteiger partial charge in [0.05, 0.1) is 32.0 Å². The van der Waals surface area contributed by atoms with Gasteiger partial charge in [-0.05, 0) is 65.8 Å². The third kappa shape index (κ3) is 8.87. The van der Waals surface area contributed by atoms with Crippen molar-refractivity contribution in [3.05, 3.63) is 136 Å². The van der Waals surface area contributed by atoms with Crippen LogP contribution in [0.5, 0.6) is 5.75 Å². The van der Waals surface area contributed by atoms with Gasteiger partial charge in [0, 0.05) is 24.1 Å². The highest BCUT2D eigenvalue weighted by atomic mass is 35.5. The molecule has 0 bridgehead atoms. The molecule has 4 aromatic carbocycles. The molecule has 0 spiro atoms. The van der Waals surface area contributed by atoms with Crippen molar-refractivity contribution in [3.8, 4) is 5.75 Å². The smallest absolute Gasteiger partial charge is 0.198 e. The number of halogens is 1. The first-order valence-corrected chi connectivity index (χ1v) is 16.5. The molecule has 1 heterocycles. The van der Waals surface area contributed by atoms with Gasteiger partial charge in [0.1, 0.15) is 24.6 Å². The molecule has 0 N–H and O–H groups in total. The van der Waals surface area contributed by atoms with Crippen molar-refractivity contribution in [2.24, 2.45) is 0 Å². The van der Waals surface area contributed by atoms with E-state index >= 15 is 0 Å². The molecule has 7 nitrogen and oxygen atoms in total. The lowest BCUT2D eigenvalue weighted by molar-refractivity contribution is -0.321. The zero-order valence-corrected chi connectivity index (χ0v) is 27.4. The lowest BCUT2D eigenvalue weighted by Crippen LogP contribution is -2.56. The first-order valence-electron chi connectivity index (χ1n) is 16.2. The average Bonchev–Trinajstić information content (AvgIpc) is 3.95. The van der Waals surface area contributed by atoms with Gasteiger partial charge in [0.25, 0.3) is 0 Å². The van der Waals surface area contributed by atoms with E-state index in [-0.39, 0.29) is 0 Å². The molecule has 0 radical (unpaired) electrons. The molecule has 2 fully saturated rings. The van der Waals surface area contributed by atoms with Crippen LogP contribution in [-0.2, 0) is 53.9 Å². The molecule has 1 aliphatic heterocycles. The number of aldehydes is 1. The Morgan fingerprint density at radius 2 is 1.49 bits per heavy atom. The maximum Gasteiger partial charge on any atom is 0.198 e. The first kappa shape index (κ1) is 33.3. The van der Waals surface area contributed by atoms with Crippen LogP contribution >= 0.6 is 11.6 Å². The topological polar surface area (TPSA) is 72.5 Å². The standard InChI is InChI=1S/C39H41ClO7/c1-42-39(32-14-19-35(40)31(23-32)22-28-12-15-33(16-13-28)43-20-21-44-34-17-18-34)24-36(45-26-29-8-4-2-5-9-29)38(37(25-41)47-39)46-27-30-10-6-3-7-11-30/h2-16,19,23,25,34,36-38H,17-18,20-22,24,26-27H2,1H3/t36?,37-,38+,39-/m1/s1. The summed E-state index contributed by atoms with van der Waals surface area (Å²) in [5.41, 5.74) is 4.74. The summed E-state index contributed by atoms with van der Waals surface area (Å²) in [5, 5.41) is 0.626. The highest BCUT2D eigenvalue weighted by Gasteiger charge is 2.50. The molecule has 47 heavy (non-hydrogen) atoms. The Bertz CT molecular complexity index is 1560. The second-order valence-electron chi connectivity index (χ2n) is 12.0. The molecule has 1 aliphatic carbocycles. The van der Waals surface area contributed by atoms with Crippen molar-refractivity contribution in [1.29, 1.82) is 0 Å². The zero-order chi connectivity index (χ0) is 32.5. The maximum absolute atomic E-state index is 12.6. The normalized spacial score (nSPS) is 22.6. The molecule has 2 aliphatic rings. The Balaban J connectivity index is 1.20. The van der Waals surface area contributed by atoms with Crippen LogP contribution in [0, 0.1) is 0 Å². The quantitative estimate of drug-likeness (QED) is 0.0917. The molecule has 0 amide bonds. The SMILES string of the molecule is CO[C@]1(c2ccc(Cl)c(Cc3ccc(OCCOC4CC4)cc3)c2)CC(OCc2ccccc2)[C@H](OCc2ccccc2)[C@@H](C=O)O1. The van der Waals surface area contributed by atoms with E-state index < -0.39 is 24.1 Å². The van der Waals surface area contributed by atoms with Gasteiger partial charge in [-0.2, -0.15) is 0 Å². The lowest BCUT2D eigenvalue weighted by Gasteiger charge is -2.46. The van der Waals surface area contributed by atoms with Gasteiger partial charge in [-0.15, -0.1) is 0 Å². The van der Waals surface area contributed by atoms with Crippen LogP contribution in [0.15, 0.2) is 103 Å². The van der Waals surface area contributed by atoms with Gasteiger partial charge in [-0.25, -0.2) is 0 Å². The van der Waals surface area contributed by atoms with Gasteiger partial charge in [0.2, 0.25) is 0 Å². The molecule has 4 aromatic rings. The van der Waals surface area contributed by atoms with Gasteiger partial charge >= 0.3 is 0 Å². The molecular formula is C39H41ClO7. The van der Waals surface area contributed by atoms with Crippen LogP contribution in [0.1, 0.15) is 47.1 Å². The van der Waals surface area contributed by atoms with Crippen molar-refractivity contribution in [3.63, 3.8) is 0 Å². The molecule has 1 saturated heterocycles. The van der Waals surface area contributed by atoms with Crippen LogP contribution < -0.4 is 4.74 Å². The summed E-state index contributed by atoms with van der Waals surface area (Å²) in [5.74, 6) is -0.466. The third-order valence-corrected chi connectivity index (χ3v) is 8.94. The molecular weight excluding hydrogens is 616 g/mol. The molecule has 0 aromatic heterocycles. The second-order valence-corrected chi connectivity index (χ2v) is 12.4. The van der Waals surface area contributed by atoms with Crippen molar-refractivity contribution in [1.82, 2.24) is 0 Å². The Kier molecular flexibility index (Phi) is 11.4. The van der Waals surface area contributed by atoms with E-state index in [1.165, 1.54) is 0 Å². The predicted octanol–water partition coefficient (Wildman–Crippen LogP) is 7.45. The van der Waals surface area contributed by atoms with E-state index in [1.54, 1.807) is 7.11 Å². The van der Waals surface area contributed by atoms with E-state index in [0.29, 0.717) is 50.4 Å². The number of rotatable bonds is 16. The van der Waals surface area contributed by atoms with E-state index in [9.17, 15) is 4.79 Å². The first-order chi connectivity index (χ1) is 23.0. The molecule has 8 heteroatoms. The maximum atomic E-state index is 12.6. The Morgan fingerprint density at radius 3 is 2.13 bits per heavy atom. The van der Waals surface area contributed by atoms with E-state index in [1.807, 2.05) is 103 Å². The number of carbonyl (C=O) groups is 1. The summed E-state index contributed by atoms with van der Waals surface area (Å²) >= 11 is 6.72. The Labute approximate surface area is 281 Å². The van der Waals surface area contributed by atoms with E-state index in [4.69, 9.17) is 40.0 Å². The van der Waals surface area contributed by atoms with Gasteiger partial charge in [-0.1, -0.05) is 90.5 Å². The number of methoxy groups -OCH3 is 1. The van der Waals surface area contributed by atoms with Gasteiger partial charge < -0.3 is 33.2 Å².